The standard InChI is InChI=1S/C23H20BrN3O2/c1-14-7-10-20(28)16(11-14)13-25-27-23(29)22-21(15-5-3-2-4-6-15)18-12-17(24)8-9-19(18)26-22/h2-12,25-26,28H,13H2,1H3,(H,27,29). The number of aryl methyl sites for hydroxylation is 1. The zero-order valence-corrected chi connectivity index (χ0v) is 17.4. The molecule has 0 spiro atoms. The zero-order chi connectivity index (χ0) is 20.4. The Morgan fingerprint density at radius 3 is 2.66 bits per heavy atom. The molecule has 0 aliphatic heterocycles. The smallest absolute Gasteiger partial charge is 0.282 e. The molecule has 0 aliphatic carbocycles. The lowest BCUT2D eigenvalue weighted by Crippen LogP contribution is -2.37. The molecule has 0 atom stereocenters. The van der Waals surface area contributed by atoms with Crippen molar-refractivity contribution in [2.24, 2.45) is 0 Å². The van der Waals surface area contributed by atoms with Gasteiger partial charge in [0, 0.05) is 33.0 Å². The van der Waals surface area contributed by atoms with Crippen LogP contribution >= 0.6 is 15.9 Å². The number of fused-ring (bicyclic) bond motifs is 1. The number of hydrazine groups is 1. The summed E-state index contributed by atoms with van der Waals surface area (Å²) in [6, 6.07) is 21.1. The maximum Gasteiger partial charge on any atom is 0.282 e. The van der Waals surface area contributed by atoms with E-state index in [1.165, 1.54) is 0 Å². The number of hydrogen-bond donors (Lipinski definition) is 4. The van der Waals surface area contributed by atoms with Gasteiger partial charge in [-0.3, -0.25) is 10.2 Å². The number of rotatable bonds is 5. The fourth-order valence-corrected chi connectivity index (χ4v) is 3.74. The zero-order valence-electron chi connectivity index (χ0n) is 15.8. The number of H-pyrrole nitrogens is 1. The summed E-state index contributed by atoms with van der Waals surface area (Å²) < 4.78 is 0.946. The highest BCUT2D eigenvalue weighted by Gasteiger charge is 2.19. The minimum Gasteiger partial charge on any atom is -0.508 e. The predicted octanol–water partition coefficient (Wildman–Crippen LogP) is 5.05. The van der Waals surface area contributed by atoms with Gasteiger partial charge in [-0.1, -0.05) is 64.0 Å². The highest BCUT2D eigenvalue weighted by molar-refractivity contribution is 9.10. The monoisotopic (exact) mass is 449 g/mol. The van der Waals surface area contributed by atoms with Gasteiger partial charge >= 0.3 is 0 Å². The number of carbonyl (C=O) groups excluding carboxylic acids is 1. The van der Waals surface area contributed by atoms with Gasteiger partial charge in [-0.15, -0.1) is 0 Å². The molecule has 1 amide bonds. The number of nitrogens with one attached hydrogen (secondary N) is 3. The summed E-state index contributed by atoms with van der Waals surface area (Å²) in [6.07, 6.45) is 0. The first-order chi connectivity index (χ1) is 14.0. The van der Waals surface area contributed by atoms with Crippen LogP contribution in [0.4, 0.5) is 0 Å². The van der Waals surface area contributed by atoms with Gasteiger partial charge in [-0.05, 0) is 36.8 Å². The Kier molecular flexibility index (Phi) is 5.38. The number of phenols is 1. The van der Waals surface area contributed by atoms with Crippen molar-refractivity contribution in [3.63, 3.8) is 0 Å². The van der Waals surface area contributed by atoms with Crippen molar-refractivity contribution >= 4 is 32.7 Å². The van der Waals surface area contributed by atoms with Gasteiger partial charge in [0.2, 0.25) is 0 Å². The SMILES string of the molecule is Cc1ccc(O)c(CNNC(=O)c2[nH]c3ccc(Br)cc3c2-c2ccccc2)c1. The summed E-state index contributed by atoms with van der Waals surface area (Å²) in [5, 5.41) is 10.9. The van der Waals surface area contributed by atoms with Crippen LogP contribution in [0.15, 0.2) is 71.2 Å². The van der Waals surface area contributed by atoms with Crippen LogP contribution in [0.2, 0.25) is 0 Å². The van der Waals surface area contributed by atoms with E-state index in [1.807, 2.05) is 67.6 Å². The predicted molar refractivity (Wildman–Crippen MR) is 119 cm³/mol. The van der Waals surface area contributed by atoms with E-state index in [2.05, 4.69) is 31.8 Å². The summed E-state index contributed by atoms with van der Waals surface area (Å²) in [4.78, 5) is 16.2. The second-order valence-corrected chi connectivity index (χ2v) is 7.79. The third kappa shape index (κ3) is 4.04. The fraction of sp³-hybridized carbons (Fsp3) is 0.0870. The summed E-state index contributed by atoms with van der Waals surface area (Å²) in [5.41, 5.74) is 10.6. The molecule has 29 heavy (non-hydrogen) atoms. The van der Waals surface area contributed by atoms with Crippen molar-refractivity contribution < 1.29 is 9.90 Å². The lowest BCUT2D eigenvalue weighted by atomic mass is 10.0. The molecular formula is C23H20BrN3O2. The minimum atomic E-state index is -0.275. The quantitative estimate of drug-likeness (QED) is 0.322. The maximum atomic E-state index is 13.0. The van der Waals surface area contributed by atoms with E-state index in [0.29, 0.717) is 17.8 Å². The van der Waals surface area contributed by atoms with Crippen LogP contribution in [-0.4, -0.2) is 16.0 Å². The van der Waals surface area contributed by atoms with Crippen molar-refractivity contribution in [3.05, 3.63) is 88.0 Å². The van der Waals surface area contributed by atoms with Crippen LogP contribution < -0.4 is 10.9 Å². The lowest BCUT2D eigenvalue weighted by molar-refractivity contribution is 0.0928. The minimum absolute atomic E-state index is 0.192. The van der Waals surface area contributed by atoms with E-state index >= 15 is 0 Å². The van der Waals surface area contributed by atoms with Gasteiger partial charge in [0.15, 0.2) is 0 Å². The van der Waals surface area contributed by atoms with Gasteiger partial charge in [0.05, 0.1) is 0 Å². The molecule has 0 fully saturated rings. The van der Waals surface area contributed by atoms with E-state index in [0.717, 1.165) is 32.1 Å². The number of aromatic amines is 1. The molecule has 0 aliphatic rings. The molecule has 146 valence electrons. The number of halogens is 1. The first-order valence-electron chi connectivity index (χ1n) is 9.21. The Morgan fingerprint density at radius 2 is 1.86 bits per heavy atom. The van der Waals surface area contributed by atoms with Crippen molar-refractivity contribution in [1.82, 2.24) is 15.8 Å². The number of benzene rings is 3. The molecule has 4 N–H and O–H groups in total. The number of aromatic hydroxyl groups is 1. The molecule has 1 heterocycles. The maximum absolute atomic E-state index is 13.0. The van der Waals surface area contributed by atoms with Crippen molar-refractivity contribution in [1.29, 1.82) is 0 Å². The molecule has 4 rings (SSSR count). The summed E-state index contributed by atoms with van der Waals surface area (Å²) in [7, 11) is 0. The van der Waals surface area contributed by atoms with Gasteiger partial charge in [-0.25, -0.2) is 5.43 Å². The highest BCUT2D eigenvalue weighted by Crippen LogP contribution is 2.34. The van der Waals surface area contributed by atoms with Gasteiger partial charge < -0.3 is 10.1 Å². The normalized spacial score (nSPS) is 11.0. The average molecular weight is 450 g/mol. The van der Waals surface area contributed by atoms with Crippen LogP contribution in [0.3, 0.4) is 0 Å². The number of phenolic OH excluding ortho intramolecular Hbond substituents is 1. The second kappa shape index (κ2) is 8.11. The van der Waals surface area contributed by atoms with Crippen molar-refractivity contribution in [2.75, 3.05) is 0 Å². The first-order valence-corrected chi connectivity index (χ1v) is 10.0. The van der Waals surface area contributed by atoms with Crippen molar-refractivity contribution in [2.45, 2.75) is 13.5 Å². The van der Waals surface area contributed by atoms with Gasteiger partial charge in [0.25, 0.3) is 5.91 Å². The largest absolute Gasteiger partial charge is 0.508 e. The number of aromatic nitrogens is 1. The molecule has 0 saturated heterocycles. The van der Waals surface area contributed by atoms with E-state index in [1.54, 1.807) is 6.07 Å². The summed E-state index contributed by atoms with van der Waals surface area (Å²) in [6.45, 7) is 2.27. The number of hydrogen-bond acceptors (Lipinski definition) is 3. The van der Waals surface area contributed by atoms with Gasteiger partial charge in [-0.2, -0.15) is 0 Å². The van der Waals surface area contributed by atoms with Crippen LogP contribution in [0.25, 0.3) is 22.0 Å². The fourth-order valence-electron chi connectivity index (χ4n) is 3.38. The molecule has 0 saturated carbocycles. The Bertz CT molecular complexity index is 1190. The molecule has 0 radical (unpaired) electrons. The van der Waals surface area contributed by atoms with Crippen LogP contribution in [0.1, 0.15) is 21.6 Å². The Hall–Kier alpha value is -3.09. The molecule has 6 heteroatoms. The Balaban J connectivity index is 1.63. The lowest BCUT2D eigenvalue weighted by Gasteiger charge is -2.10. The van der Waals surface area contributed by atoms with Crippen molar-refractivity contribution in [3.8, 4) is 16.9 Å². The van der Waals surface area contributed by atoms with E-state index in [4.69, 9.17) is 0 Å². The molecular weight excluding hydrogens is 430 g/mol. The van der Waals surface area contributed by atoms with Crippen LogP contribution in [-0.2, 0) is 6.54 Å². The summed E-state index contributed by atoms with van der Waals surface area (Å²) >= 11 is 3.52. The topological polar surface area (TPSA) is 77.2 Å². The second-order valence-electron chi connectivity index (χ2n) is 6.87. The Labute approximate surface area is 176 Å². The molecule has 1 aromatic heterocycles. The highest BCUT2D eigenvalue weighted by atomic mass is 79.9. The molecule has 4 aromatic rings. The number of amides is 1. The third-order valence-electron chi connectivity index (χ3n) is 4.77. The molecule has 0 bridgehead atoms. The molecule has 3 aromatic carbocycles. The van der Waals surface area contributed by atoms with Crippen LogP contribution in [0.5, 0.6) is 5.75 Å². The summed E-state index contributed by atoms with van der Waals surface area (Å²) in [5.74, 6) is -0.0823. The molecule has 5 nitrogen and oxygen atoms in total. The number of carbonyl (C=O) groups is 1. The Morgan fingerprint density at radius 1 is 1.07 bits per heavy atom. The van der Waals surface area contributed by atoms with E-state index in [-0.39, 0.29) is 11.7 Å². The molecule has 0 unspecified atom stereocenters. The third-order valence-corrected chi connectivity index (χ3v) is 5.26. The van der Waals surface area contributed by atoms with Crippen LogP contribution in [0, 0.1) is 6.92 Å². The average Bonchev–Trinajstić information content (AvgIpc) is 3.10. The van der Waals surface area contributed by atoms with E-state index in [9.17, 15) is 9.90 Å². The van der Waals surface area contributed by atoms with E-state index < -0.39 is 0 Å². The van der Waals surface area contributed by atoms with Gasteiger partial charge in [0.1, 0.15) is 11.4 Å². The first kappa shape index (κ1) is 19.2.